The van der Waals surface area contributed by atoms with Gasteiger partial charge in [-0.25, -0.2) is 4.68 Å². The number of fused-ring (bicyclic) bond motifs is 1. The van der Waals surface area contributed by atoms with Crippen LogP contribution in [-0.4, -0.2) is 70.7 Å². The van der Waals surface area contributed by atoms with Crippen molar-refractivity contribution in [2.24, 2.45) is 0 Å². The maximum absolute atomic E-state index is 13.2. The van der Waals surface area contributed by atoms with Gasteiger partial charge in [0.25, 0.3) is 5.91 Å². The Hall–Kier alpha value is -3.81. The summed E-state index contributed by atoms with van der Waals surface area (Å²) < 4.78 is 7.90. The quantitative estimate of drug-likeness (QED) is 0.550. The molecule has 5 rings (SSSR count). The summed E-state index contributed by atoms with van der Waals surface area (Å²) in [4.78, 5) is 31.9. The number of piperidine rings is 1. The molecule has 3 aromatic rings. The topological polar surface area (TPSA) is 70.9 Å². The van der Waals surface area contributed by atoms with Gasteiger partial charge in [-0.2, -0.15) is 5.10 Å². The van der Waals surface area contributed by atoms with Crippen molar-refractivity contribution in [1.29, 1.82) is 0 Å². The number of hydrogen-bond acceptors (Lipinski definition) is 5. The first-order valence-electron chi connectivity index (χ1n) is 12.2. The third kappa shape index (κ3) is 5.16. The lowest BCUT2D eigenvalue weighted by molar-refractivity contribution is -0.139. The molecule has 182 valence electrons. The van der Waals surface area contributed by atoms with Gasteiger partial charge in [0.15, 0.2) is 6.10 Å². The van der Waals surface area contributed by atoms with E-state index < -0.39 is 6.10 Å². The van der Waals surface area contributed by atoms with Crippen molar-refractivity contribution < 1.29 is 14.3 Å². The smallest absolute Gasteiger partial charge is 0.265 e. The van der Waals surface area contributed by atoms with E-state index in [0.717, 1.165) is 49.3 Å². The monoisotopic (exact) mass is 473 g/mol. The van der Waals surface area contributed by atoms with Crippen LogP contribution in [0, 0.1) is 0 Å². The van der Waals surface area contributed by atoms with Crippen molar-refractivity contribution in [3.05, 3.63) is 72.6 Å². The highest BCUT2D eigenvalue weighted by molar-refractivity contribution is 5.86. The van der Waals surface area contributed by atoms with Crippen LogP contribution < -0.4 is 9.64 Å². The normalized spacial score (nSPS) is 17.5. The van der Waals surface area contributed by atoms with Crippen molar-refractivity contribution in [2.45, 2.75) is 31.9 Å². The predicted octanol–water partition coefficient (Wildman–Crippen LogP) is 3.11. The lowest BCUT2D eigenvalue weighted by atomic mass is 10.1. The van der Waals surface area contributed by atoms with Gasteiger partial charge in [0, 0.05) is 38.4 Å². The molecule has 8 nitrogen and oxygen atoms in total. The van der Waals surface area contributed by atoms with Gasteiger partial charge in [0.2, 0.25) is 5.91 Å². The summed E-state index contributed by atoms with van der Waals surface area (Å²) in [5.74, 6) is 0.630. The third-order valence-electron chi connectivity index (χ3n) is 6.63. The maximum atomic E-state index is 13.2. The van der Waals surface area contributed by atoms with Crippen molar-refractivity contribution in [3.63, 3.8) is 0 Å². The van der Waals surface area contributed by atoms with Gasteiger partial charge in [-0.15, -0.1) is 0 Å². The molecule has 0 saturated carbocycles. The zero-order valence-corrected chi connectivity index (χ0v) is 20.0. The summed E-state index contributed by atoms with van der Waals surface area (Å²) >= 11 is 0. The highest BCUT2D eigenvalue weighted by Gasteiger charge is 2.34. The largest absolute Gasteiger partial charge is 0.477 e. The van der Waals surface area contributed by atoms with E-state index in [1.54, 1.807) is 18.1 Å². The minimum atomic E-state index is -0.606. The molecule has 1 atom stereocenters. The molecule has 2 aliphatic heterocycles. The molecule has 3 heterocycles. The molecule has 2 aliphatic rings. The van der Waals surface area contributed by atoms with Gasteiger partial charge >= 0.3 is 0 Å². The van der Waals surface area contributed by atoms with Crippen LogP contribution in [0.15, 0.2) is 67.0 Å². The first kappa shape index (κ1) is 23.0. The number of amides is 2. The van der Waals surface area contributed by atoms with E-state index >= 15 is 0 Å². The van der Waals surface area contributed by atoms with Gasteiger partial charge in [-0.3, -0.25) is 9.59 Å². The molecule has 0 unspecified atom stereocenters. The summed E-state index contributed by atoms with van der Waals surface area (Å²) in [6.07, 6.45) is 6.34. The fraction of sp³-hybridized carbons (Fsp3) is 0.370. The number of para-hydroxylation sites is 3. The zero-order valence-electron chi connectivity index (χ0n) is 20.0. The average molecular weight is 474 g/mol. The molecular weight excluding hydrogens is 442 g/mol. The van der Waals surface area contributed by atoms with Crippen LogP contribution >= 0.6 is 0 Å². The fourth-order valence-electron chi connectivity index (χ4n) is 4.71. The van der Waals surface area contributed by atoms with Gasteiger partial charge in [0.05, 0.1) is 30.7 Å². The fourth-order valence-corrected chi connectivity index (χ4v) is 4.71. The Morgan fingerprint density at radius 1 is 1.03 bits per heavy atom. The molecule has 0 bridgehead atoms. The Bertz CT molecular complexity index is 1170. The number of nitrogens with zero attached hydrogens (tertiary/aromatic N) is 5. The van der Waals surface area contributed by atoms with E-state index in [1.807, 2.05) is 75.3 Å². The second-order valence-corrected chi connectivity index (χ2v) is 9.22. The van der Waals surface area contributed by atoms with Crippen LogP contribution in [0.25, 0.3) is 5.69 Å². The van der Waals surface area contributed by atoms with E-state index in [0.29, 0.717) is 18.8 Å². The Balaban J connectivity index is 1.26. The van der Waals surface area contributed by atoms with Crippen molar-refractivity contribution >= 4 is 17.5 Å². The summed E-state index contributed by atoms with van der Waals surface area (Å²) in [5.41, 5.74) is 2.76. The maximum Gasteiger partial charge on any atom is 0.265 e. The van der Waals surface area contributed by atoms with Crippen molar-refractivity contribution in [2.75, 3.05) is 38.1 Å². The summed E-state index contributed by atoms with van der Waals surface area (Å²) in [7, 11) is 1.80. The second-order valence-electron chi connectivity index (χ2n) is 9.22. The lowest BCUT2D eigenvalue weighted by Gasteiger charge is -2.38. The molecule has 2 amide bonds. The van der Waals surface area contributed by atoms with Crippen molar-refractivity contribution in [3.8, 4) is 11.4 Å². The van der Waals surface area contributed by atoms with E-state index in [1.165, 1.54) is 0 Å². The number of aromatic nitrogens is 2. The highest BCUT2D eigenvalue weighted by Crippen LogP contribution is 2.33. The average Bonchev–Trinajstić information content (AvgIpc) is 3.37. The molecule has 1 fully saturated rings. The number of likely N-dealkylation sites (N-methyl/N-ethyl adjacent to an activating group) is 1. The summed E-state index contributed by atoms with van der Waals surface area (Å²) in [6.45, 7) is 2.54. The minimum Gasteiger partial charge on any atom is -0.477 e. The molecule has 0 spiro atoms. The Morgan fingerprint density at radius 3 is 2.57 bits per heavy atom. The lowest BCUT2D eigenvalue weighted by Crippen LogP contribution is -2.53. The van der Waals surface area contributed by atoms with Crippen molar-refractivity contribution in [1.82, 2.24) is 19.6 Å². The Labute approximate surface area is 205 Å². The number of ether oxygens (including phenoxy) is 1. The van der Waals surface area contributed by atoms with E-state index in [9.17, 15) is 9.59 Å². The second kappa shape index (κ2) is 10.2. The van der Waals surface area contributed by atoms with E-state index in [-0.39, 0.29) is 18.4 Å². The standard InChI is InChI=1S/C27H31N5O3/c1-29(17-21-16-28-32(18-21)22-10-4-2-5-11-22)26(33)20-31-19-25(27(34)30-14-8-3-9-15-30)35-24-13-7-6-12-23(24)31/h2,4-7,10-13,16,18,25H,3,8-9,14-15,17,19-20H2,1H3/t25-/m1/s1. The molecule has 0 radical (unpaired) electrons. The molecule has 0 N–H and O–H groups in total. The van der Waals surface area contributed by atoms with E-state index in [4.69, 9.17) is 4.74 Å². The Kier molecular flexibility index (Phi) is 6.70. The molecule has 0 aliphatic carbocycles. The van der Waals surface area contributed by atoms with Crippen LogP contribution in [-0.2, 0) is 16.1 Å². The van der Waals surface area contributed by atoms with E-state index in [2.05, 4.69) is 5.10 Å². The number of carbonyl (C=O) groups is 2. The van der Waals surface area contributed by atoms with Gasteiger partial charge in [-0.05, 0) is 43.5 Å². The Morgan fingerprint density at radius 2 is 1.77 bits per heavy atom. The van der Waals surface area contributed by atoms with Crippen LogP contribution in [0.1, 0.15) is 24.8 Å². The number of hydrogen-bond donors (Lipinski definition) is 0. The number of carbonyl (C=O) groups excluding carboxylic acids is 2. The first-order valence-corrected chi connectivity index (χ1v) is 12.2. The number of benzene rings is 2. The van der Waals surface area contributed by atoms with Crippen LogP contribution in [0.3, 0.4) is 0 Å². The summed E-state index contributed by atoms with van der Waals surface area (Å²) in [5, 5.41) is 4.43. The molecule has 8 heteroatoms. The molecule has 2 aromatic carbocycles. The van der Waals surface area contributed by atoms with Gasteiger partial charge in [0.1, 0.15) is 5.75 Å². The highest BCUT2D eigenvalue weighted by atomic mass is 16.5. The minimum absolute atomic E-state index is 0.0123. The summed E-state index contributed by atoms with van der Waals surface area (Å²) in [6, 6.07) is 17.5. The predicted molar refractivity (Wildman–Crippen MR) is 134 cm³/mol. The van der Waals surface area contributed by atoms with Gasteiger partial charge in [-0.1, -0.05) is 30.3 Å². The molecular formula is C27H31N5O3. The SMILES string of the molecule is CN(Cc1cnn(-c2ccccc2)c1)C(=O)CN1C[C@H](C(=O)N2CCCCC2)Oc2ccccc21. The van der Waals surface area contributed by atoms with Gasteiger partial charge < -0.3 is 19.4 Å². The van der Waals surface area contributed by atoms with Crippen LogP contribution in [0.5, 0.6) is 5.75 Å². The third-order valence-corrected chi connectivity index (χ3v) is 6.63. The molecule has 1 saturated heterocycles. The number of anilines is 1. The number of likely N-dealkylation sites (tertiary alicyclic amines) is 1. The molecule has 35 heavy (non-hydrogen) atoms. The molecule has 1 aromatic heterocycles. The first-order chi connectivity index (χ1) is 17.1. The van der Waals surface area contributed by atoms with Crippen LogP contribution in [0.4, 0.5) is 5.69 Å². The number of rotatable bonds is 6. The van der Waals surface area contributed by atoms with Crippen LogP contribution in [0.2, 0.25) is 0 Å². The zero-order chi connectivity index (χ0) is 24.2.